The molecule has 4 N–H and O–H groups in total. The standard InChI is InChI=1S/C14H15BrN4O2/c15-8-5-9-10(16)1-2-11(13(9)18-6-8)19-3-4-21-7-12(19)14(17)20/h1-2,5-6,12H,3-4,7,16H2,(H2,17,20). The summed E-state index contributed by atoms with van der Waals surface area (Å²) in [5, 5.41) is 0.844. The molecular formula is C14H15BrN4O2. The number of morpholine rings is 1. The number of nitrogens with zero attached hydrogens (tertiary/aromatic N) is 2. The Balaban J connectivity index is 2.15. The lowest BCUT2D eigenvalue weighted by Crippen LogP contribution is -2.52. The predicted octanol–water partition coefficient (Wildman–Crippen LogP) is 1.27. The number of rotatable bonds is 2. The van der Waals surface area contributed by atoms with E-state index < -0.39 is 11.9 Å². The van der Waals surface area contributed by atoms with Gasteiger partial charge in [-0.1, -0.05) is 0 Å². The van der Waals surface area contributed by atoms with Crippen molar-refractivity contribution < 1.29 is 9.53 Å². The highest BCUT2D eigenvalue weighted by Crippen LogP contribution is 2.32. The van der Waals surface area contributed by atoms with Crippen molar-refractivity contribution in [3.05, 3.63) is 28.9 Å². The SMILES string of the molecule is NC(=O)C1COCCN1c1ccc(N)c2cc(Br)cnc12. The Bertz CT molecular complexity index is 707. The average molecular weight is 351 g/mol. The monoisotopic (exact) mass is 350 g/mol. The fourth-order valence-electron chi connectivity index (χ4n) is 2.56. The van der Waals surface area contributed by atoms with Gasteiger partial charge in [-0.3, -0.25) is 9.78 Å². The van der Waals surface area contributed by atoms with Gasteiger partial charge in [-0.05, 0) is 34.1 Å². The maximum absolute atomic E-state index is 11.6. The average Bonchev–Trinajstić information content (AvgIpc) is 2.48. The van der Waals surface area contributed by atoms with Crippen molar-refractivity contribution >= 4 is 44.1 Å². The number of nitrogens with two attached hydrogens (primary N) is 2. The third-order valence-electron chi connectivity index (χ3n) is 3.60. The molecule has 1 saturated heterocycles. The van der Waals surface area contributed by atoms with Crippen LogP contribution < -0.4 is 16.4 Å². The summed E-state index contributed by atoms with van der Waals surface area (Å²) in [6.45, 7) is 1.42. The highest BCUT2D eigenvalue weighted by Gasteiger charge is 2.29. The third-order valence-corrected chi connectivity index (χ3v) is 4.03. The van der Waals surface area contributed by atoms with E-state index in [9.17, 15) is 4.79 Å². The van der Waals surface area contributed by atoms with E-state index in [1.807, 2.05) is 23.1 Å². The highest BCUT2D eigenvalue weighted by molar-refractivity contribution is 9.10. The number of ether oxygens (including phenoxy) is 1. The lowest BCUT2D eigenvalue weighted by atomic mass is 10.1. The summed E-state index contributed by atoms with van der Waals surface area (Å²) in [7, 11) is 0. The fourth-order valence-corrected chi connectivity index (χ4v) is 2.89. The van der Waals surface area contributed by atoms with Crippen LogP contribution in [0.15, 0.2) is 28.9 Å². The first-order valence-corrected chi connectivity index (χ1v) is 7.34. The first kappa shape index (κ1) is 14.1. The summed E-state index contributed by atoms with van der Waals surface area (Å²) in [6, 6.07) is 5.12. The Morgan fingerprint density at radius 3 is 3.05 bits per heavy atom. The predicted molar refractivity (Wildman–Crippen MR) is 85.0 cm³/mol. The lowest BCUT2D eigenvalue weighted by molar-refractivity contribution is -0.121. The summed E-state index contributed by atoms with van der Waals surface area (Å²) in [4.78, 5) is 18.0. The van der Waals surface area contributed by atoms with Crippen molar-refractivity contribution in [3.8, 4) is 0 Å². The van der Waals surface area contributed by atoms with Crippen molar-refractivity contribution in [2.45, 2.75) is 6.04 Å². The molecule has 1 unspecified atom stereocenters. The van der Waals surface area contributed by atoms with E-state index in [0.717, 1.165) is 21.1 Å². The molecule has 110 valence electrons. The van der Waals surface area contributed by atoms with Gasteiger partial charge in [-0.15, -0.1) is 0 Å². The van der Waals surface area contributed by atoms with Crippen LogP contribution in [0.2, 0.25) is 0 Å². The quantitative estimate of drug-likeness (QED) is 0.795. The Morgan fingerprint density at radius 2 is 2.29 bits per heavy atom. The molecule has 7 heteroatoms. The Labute approximate surface area is 130 Å². The van der Waals surface area contributed by atoms with Crippen molar-refractivity contribution in [2.24, 2.45) is 5.73 Å². The second kappa shape index (κ2) is 5.50. The van der Waals surface area contributed by atoms with Crippen molar-refractivity contribution in [2.75, 3.05) is 30.4 Å². The number of carbonyl (C=O) groups excluding carboxylic acids is 1. The topological polar surface area (TPSA) is 94.5 Å². The summed E-state index contributed by atoms with van der Waals surface area (Å²) in [5.74, 6) is -0.406. The molecule has 1 aliphatic heterocycles. The van der Waals surface area contributed by atoms with Gasteiger partial charge in [-0.2, -0.15) is 0 Å². The van der Waals surface area contributed by atoms with E-state index in [-0.39, 0.29) is 6.61 Å². The van der Waals surface area contributed by atoms with Gasteiger partial charge in [0.05, 0.1) is 24.4 Å². The second-order valence-corrected chi connectivity index (χ2v) is 5.83. The number of benzene rings is 1. The zero-order chi connectivity index (χ0) is 15.0. The Kier molecular flexibility index (Phi) is 3.69. The molecule has 1 aromatic heterocycles. The van der Waals surface area contributed by atoms with Crippen molar-refractivity contribution in [3.63, 3.8) is 0 Å². The smallest absolute Gasteiger partial charge is 0.242 e. The fraction of sp³-hybridized carbons (Fsp3) is 0.286. The molecule has 0 bridgehead atoms. The largest absolute Gasteiger partial charge is 0.398 e. The normalized spacial score (nSPS) is 18.9. The number of primary amides is 1. The Morgan fingerprint density at radius 1 is 1.48 bits per heavy atom. The first-order valence-electron chi connectivity index (χ1n) is 6.55. The molecule has 0 aliphatic carbocycles. The van der Waals surface area contributed by atoms with Gasteiger partial charge in [-0.25, -0.2) is 0 Å². The lowest BCUT2D eigenvalue weighted by Gasteiger charge is -2.35. The van der Waals surface area contributed by atoms with E-state index in [2.05, 4.69) is 20.9 Å². The molecule has 2 aromatic rings. The molecular weight excluding hydrogens is 336 g/mol. The molecule has 2 heterocycles. The minimum atomic E-state index is -0.490. The van der Waals surface area contributed by atoms with Crippen LogP contribution in [0.5, 0.6) is 0 Å². The molecule has 1 aliphatic rings. The molecule has 0 saturated carbocycles. The molecule has 21 heavy (non-hydrogen) atoms. The number of halogens is 1. The molecule has 1 atom stereocenters. The second-order valence-electron chi connectivity index (χ2n) is 4.91. The van der Waals surface area contributed by atoms with Gasteiger partial charge >= 0.3 is 0 Å². The maximum atomic E-state index is 11.6. The molecule has 1 aromatic carbocycles. The number of fused-ring (bicyclic) bond motifs is 1. The molecule has 3 rings (SSSR count). The highest BCUT2D eigenvalue weighted by atomic mass is 79.9. The molecule has 0 spiro atoms. The van der Waals surface area contributed by atoms with Gasteiger partial charge in [0, 0.05) is 28.3 Å². The van der Waals surface area contributed by atoms with Gasteiger partial charge < -0.3 is 21.1 Å². The van der Waals surface area contributed by atoms with Crippen LogP contribution in [-0.4, -0.2) is 36.7 Å². The number of aromatic nitrogens is 1. The van der Waals surface area contributed by atoms with Crippen molar-refractivity contribution in [1.29, 1.82) is 0 Å². The molecule has 1 fully saturated rings. The number of carbonyl (C=O) groups is 1. The Hall–Kier alpha value is -1.86. The summed E-state index contributed by atoms with van der Waals surface area (Å²) in [6.07, 6.45) is 1.71. The zero-order valence-corrected chi connectivity index (χ0v) is 12.8. The van der Waals surface area contributed by atoms with Crippen LogP contribution >= 0.6 is 15.9 Å². The van der Waals surface area contributed by atoms with Crippen LogP contribution in [-0.2, 0) is 9.53 Å². The number of hydrogen-bond donors (Lipinski definition) is 2. The number of hydrogen-bond acceptors (Lipinski definition) is 5. The summed E-state index contributed by atoms with van der Waals surface area (Å²) in [5.41, 5.74) is 13.7. The minimum Gasteiger partial charge on any atom is -0.398 e. The number of pyridine rings is 1. The minimum absolute atomic E-state index is 0.289. The number of anilines is 2. The number of amides is 1. The van der Waals surface area contributed by atoms with Gasteiger partial charge in [0.2, 0.25) is 5.91 Å². The van der Waals surface area contributed by atoms with Crippen LogP contribution in [0, 0.1) is 0 Å². The van der Waals surface area contributed by atoms with Crippen LogP contribution in [0.1, 0.15) is 0 Å². The van der Waals surface area contributed by atoms with Crippen molar-refractivity contribution in [1.82, 2.24) is 4.98 Å². The third kappa shape index (κ3) is 2.54. The first-order chi connectivity index (χ1) is 10.1. The zero-order valence-electron chi connectivity index (χ0n) is 11.3. The maximum Gasteiger partial charge on any atom is 0.242 e. The van der Waals surface area contributed by atoms with E-state index in [4.69, 9.17) is 16.2 Å². The van der Waals surface area contributed by atoms with Gasteiger partial charge in [0.25, 0.3) is 0 Å². The van der Waals surface area contributed by atoms with E-state index in [0.29, 0.717) is 18.8 Å². The van der Waals surface area contributed by atoms with Crippen LogP contribution in [0.4, 0.5) is 11.4 Å². The summed E-state index contributed by atoms with van der Waals surface area (Å²) < 4.78 is 6.21. The van der Waals surface area contributed by atoms with E-state index in [1.165, 1.54) is 0 Å². The van der Waals surface area contributed by atoms with Crippen LogP contribution in [0.25, 0.3) is 10.9 Å². The number of nitrogen functional groups attached to an aromatic ring is 1. The summed E-state index contributed by atoms with van der Waals surface area (Å²) >= 11 is 3.40. The van der Waals surface area contributed by atoms with Crippen LogP contribution in [0.3, 0.4) is 0 Å². The van der Waals surface area contributed by atoms with E-state index >= 15 is 0 Å². The van der Waals surface area contributed by atoms with E-state index in [1.54, 1.807) is 6.20 Å². The van der Waals surface area contributed by atoms with Gasteiger partial charge in [0.15, 0.2) is 0 Å². The molecule has 1 amide bonds. The molecule has 6 nitrogen and oxygen atoms in total. The van der Waals surface area contributed by atoms with Gasteiger partial charge in [0.1, 0.15) is 6.04 Å². The molecule has 0 radical (unpaired) electrons.